The lowest BCUT2D eigenvalue weighted by Gasteiger charge is -2.53. The molecule has 28 heavy (non-hydrogen) atoms. The molecule has 160 valence electrons. The Balaban J connectivity index is 1.31. The number of aliphatic hydroxyl groups is 1. The maximum Gasteiger partial charge on any atom is 0.325 e. The van der Waals surface area contributed by atoms with Crippen molar-refractivity contribution in [3.8, 4) is 0 Å². The van der Waals surface area contributed by atoms with Crippen molar-refractivity contribution < 1.29 is 14.6 Å². The molecule has 9 atom stereocenters. The van der Waals surface area contributed by atoms with E-state index in [1.54, 1.807) is 0 Å². The Labute approximate surface area is 171 Å². The summed E-state index contributed by atoms with van der Waals surface area (Å²) in [6.45, 7) is 4.08. The Bertz CT molecular complexity index is 550. The summed E-state index contributed by atoms with van der Waals surface area (Å²) in [6.07, 6.45) is 12.9. The van der Waals surface area contributed by atoms with Gasteiger partial charge in [0.1, 0.15) is 6.04 Å². The van der Waals surface area contributed by atoms with Crippen LogP contribution in [0.1, 0.15) is 84.5 Å². The molecule has 0 saturated heterocycles. The Morgan fingerprint density at radius 2 is 1.57 bits per heavy atom. The second kappa shape index (κ2) is 8.63. The van der Waals surface area contributed by atoms with E-state index in [-0.39, 0.29) is 5.92 Å². The fourth-order valence-corrected chi connectivity index (χ4v) is 7.68. The third kappa shape index (κ3) is 4.14. The van der Waals surface area contributed by atoms with Gasteiger partial charge in [-0.25, -0.2) is 0 Å². The fraction of sp³-hybridized carbons (Fsp3) is 0.958. The number of fused-ring (bicyclic) bond motifs is 5. The third-order valence-electron chi connectivity index (χ3n) is 8.86. The molecule has 4 aliphatic carbocycles. The second-order valence-corrected chi connectivity index (χ2v) is 10.9. The van der Waals surface area contributed by atoms with Crippen LogP contribution in [-0.2, 0) is 9.53 Å². The van der Waals surface area contributed by atoms with E-state index >= 15 is 0 Å². The van der Waals surface area contributed by atoms with Crippen molar-refractivity contribution in [3.63, 3.8) is 0 Å². The van der Waals surface area contributed by atoms with E-state index in [0.717, 1.165) is 48.3 Å². The first-order chi connectivity index (χ1) is 13.4. The second-order valence-electron chi connectivity index (χ2n) is 10.9. The highest BCUT2D eigenvalue weighted by Crippen LogP contribution is 2.58. The molecule has 0 amide bonds. The molecule has 0 spiro atoms. The normalized spacial score (nSPS) is 42.2. The minimum atomic E-state index is -0.977. The largest absolute Gasteiger partial charge is 0.435 e. The first-order valence-corrected chi connectivity index (χ1v) is 12.1. The molecule has 0 aromatic rings. The van der Waals surface area contributed by atoms with Crippen LogP contribution in [-0.4, -0.2) is 23.4 Å². The van der Waals surface area contributed by atoms with Crippen LogP contribution < -0.4 is 5.73 Å². The van der Waals surface area contributed by atoms with Crippen molar-refractivity contribution in [1.29, 1.82) is 0 Å². The summed E-state index contributed by atoms with van der Waals surface area (Å²) < 4.78 is 5.39. The van der Waals surface area contributed by atoms with Crippen molar-refractivity contribution in [2.24, 2.45) is 53.1 Å². The summed E-state index contributed by atoms with van der Waals surface area (Å²) in [5.41, 5.74) is 5.93. The predicted octanol–water partition coefficient (Wildman–Crippen LogP) is 4.49. The van der Waals surface area contributed by atoms with E-state index in [2.05, 4.69) is 0 Å². The van der Waals surface area contributed by atoms with Gasteiger partial charge in [-0.1, -0.05) is 26.7 Å². The molecule has 0 radical (unpaired) electrons. The van der Waals surface area contributed by atoms with Gasteiger partial charge in [0.2, 0.25) is 6.29 Å². The zero-order chi connectivity index (χ0) is 19.8. The van der Waals surface area contributed by atoms with Crippen LogP contribution in [0.3, 0.4) is 0 Å². The Morgan fingerprint density at radius 1 is 0.929 bits per heavy atom. The molecule has 4 heteroatoms. The number of ether oxygens (including phenoxy) is 1. The van der Waals surface area contributed by atoms with Gasteiger partial charge >= 0.3 is 5.97 Å². The lowest BCUT2D eigenvalue weighted by atomic mass is 9.53. The monoisotopic (exact) mass is 391 g/mol. The number of carbonyl (C=O) groups excluding carboxylic acids is 1. The van der Waals surface area contributed by atoms with Gasteiger partial charge in [-0.15, -0.1) is 0 Å². The van der Waals surface area contributed by atoms with Gasteiger partial charge in [0.15, 0.2) is 0 Å². The van der Waals surface area contributed by atoms with Gasteiger partial charge in [0.25, 0.3) is 0 Å². The molecule has 4 saturated carbocycles. The molecule has 0 aromatic carbocycles. The third-order valence-corrected chi connectivity index (χ3v) is 8.86. The van der Waals surface area contributed by atoms with Gasteiger partial charge in [-0.3, -0.25) is 4.79 Å². The first kappa shape index (κ1) is 20.7. The van der Waals surface area contributed by atoms with Gasteiger partial charge in [0.05, 0.1) is 0 Å². The average Bonchev–Trinajstić information content (AvgIpc) is 3.15. The molecule has 3 N–H and O–H groups in total. The number of carbonyl (C=O) groups is 1. The number of aliphatic hydroxyl groups excluding tert-OH is 1. The Morgan fingerprint density at radius 3 is 2.29 bits per heavy atom. The van der Waals surface area contributed by atoms with Gasteiger partial charge in [-0.2, -0.15) is 0 Å². The summed E-state index contributed by atoms with van der Waals surface area (Å²) in [4.78, 5) is 12.2. The van der Waals surface area contributed by atoms with E-state index in [9.17, 15) is 9.90 Å². The highest BCUT2D eigenvalue weighted by molar-refractivity contribution is 5.75. The minimum absolute atomic E-state index is 0.0934. The number of hydrogen-bond donors (Lipinski definition) is 2. The molecule has 0 bridgehead atoms. The number of rotatable bonds is 5. The molecule has 0 heterocycles. The topological polar surface area (TPSA) is 72.6 Å². The SMILES string of the molecule is CC(C)C[C@H](N)C(=O)OC(O)C1CC[C@H]2C(CC[C@H]3[C@@H]4CCC[C@H]4CC[C@@H]32)C1. The maximum atomic E-state index is 12.2. The lowest BCUT2D eigenvalue weighted by Crippen LogP contribution is -2.46. The molecular formula is C24H41NO3. The molecule has 4 aliphatic rings. The molecule has 0 aliphatic heterocycles. The predicted molar refractivity (Wildman–Crippen MR) is 110 cm³/mol. The van der Waals surface area contributed by atoms with Crippen molar-refractivity contribution in [2.75, 3.05) is 0 Å². The minimum Gasteiger partial charge on any atom is -0.435 e. The highest BCUT2D eigenvalue weighted by atomic mass is 16.6. The van der Waals surface area contributed by atoms with Crippen molar-refractivity contribution in [1.82, 2.24) is 0 Å². The van der Waals surface area contributed by atoms with Crippen molar-refractivity contribution in [3.05, 3.63) is 0 Å². The van der Waals surface area contributed by atoms with Crippen LogP contribution in [0.15, 0.2) is 0 Å². The maximum absolute atomic E-state index is 12.2. The standard InChI is InChI=1S/C24H41NO3/c1-14(2)12-22(25)24(27)28-23(26)17-8-9-19-16(13-17)7-11-20-18-5-3-4-15(18)6-10-21(19)20/h14-23,26H,3-13,25H2,1-2H3/t15-,16?,17?,18+,19-,20-,21+,22-,23?/m0/s1. The van der Waals surface area contributed by atoms with E-state index in [1.807, 2.05) is 13.8 Å². The number of nitrogens with two attached hydrogens (primary N) is 1. The van der Waals surface area contributed by atoms with E-state index < -0.39 is 18.3 Å². The van der Waals surface area contributed by atoms with Crippen LogP contribution in [0.5, 0.6) is 0 Å². The first-order valence-electron chi connectivity index (χ1n) is 12.1. The molecule has 0 aromatic heterocycles. The van der Waals surface area contributed by atoms with Crippen LogP contribution in [0.4, 0.5) is 0 Å². The zero-order valence-corrected chi connectivity index (χ0v) is 17.9. The smallest absolute Gasteiger partial charge is 0.325 e. The van der Waals surface area contributed by atoms with Crippen molar-refractivity contribution >= 4 is 5.97 Å². The summed E-state index contributed by atoms with van der Waals surface area (Å²) in [5.74, 6) is 5.53. The summed E-state index contributed by atoms with van der Waals surface area (Å²) >= 11 is 0. The lowest BCUT2D eigenvalue weighted by molar-refractivity contribution is -0.185. The van der Waals surface area contributed by atoms with Crippen LogP contribution in [0.2, 0.25) is 0 Å². The molecular weight excluding hydrogens is 350 g/mol. The fourth-order valence-electron chi connectivity index (χ4n) is 7.68. The van der Waals surface area contributed by atoms with E-state index in [0.29, 0.717) is 12.3 Å². The quantitative estimate of drug-likeness (QED) is 0.535. The number of hydrogen-bond acceptors (Lipinski definition) is 4. The molecule has 4 rings (SSSR count). The van der Waals surface area contributed by atoms with Crippen molar-refractivity contribution in [2.45, 2.75) is 96.8 Å². The molecule has 4 fully saturated rings. The summed E-state index contributed by atoms with van der Waals surface area (Å²) in [6, 6.07) is -0.622. The Kier molecular flexibility index (Phi) is 6.37. The van der Waals surface area contributed by atoms with Gasteiger partial charge in [-0.05, 0) is 99.2 Å². The van der Waals surface area contributed by atoms with Crippen LogP contribution >= 0.6 is 0 Å². The average molecular weight is 392 g/mol. The zero-order valence-electron chi connectivity index (χ0n) is 17.9. The van der Waals surface area contributed by atoms with Crippen LogP contribution in [0.25, 0.3) is 0 Å². The Hall–Kier alpha value is -0.610. The number of esters is 1. The molecule has 3 unspecified atom stereocenters. The molecule has 4 nitrogen and oxygen atoms in total. The summed E-state index contributed by atoms with van der Waals surface area (Å²) in [5, 5.41) is 10.6. The van der Waals surface area contributed by atoms with Gasteiger partial charge in [0, 0.05) is 5.92 Å². The summed E-state index contributed by atoms with van der Waals surface area (Å²) in [7, 11) is 0. The van der Waals surface area contributed by atoms with Crippen LogP contribution in [0, 0.1) is 47.3 Å². The highest BCUT2D eigenvalue weighted by Gasteiger charge is 2.50. The van der Waals surface area contributed by atoms with E-state index in [4.69, 9.17) is 10.5 Å². The van der Waals surface area contributed by atoms with E-state index in [1.165, 1.54) is 51.4 Å². The van der Waals surface area contributed by atoms with Gasteiger partial charge < -0.3 is 15.6 Å².